The van der Waals surface area contributed by atoms with E-state index in [1.807, 2.05) is 9.80 Å². The Kier molecular flexibility index (Phi) is 6.18. The van der Waals surface area contributed by atoms with Crippen LogP contribution in [0.4, 0.5) is 14.5 Å². The first-order valence-corrected chi connectivity index (χ1v) is 7.87. The number of nitrogens with zero attached hydrogens (tertiary/aromatic N) is 2. The lowest BCUT2D eigenvalue weighted by Gasteiger charge is -2.25. The summed E-state index contributed by atoms with van der Waals surface area (Å²) >= 11 is 0. The summed E-state index contributed by atoms with van der Waals surface area (Å²) in [7, 11) is 0. The van der Waals surface area contributed by atoms with E-state index in [1.165, 1.54) is 12.1 Å². The lowest BCUT2D eigenvalue weighted by Crippen LogP contribution is -2.45. The summed E-state index contributed by atoms with van der Waals surface area (Å²) in [5, 5.41) is 3.23. The molecule has 1 N–H and O–H groups in total. The van der Waals surface area contributed by atoms with Gasteiger partial charge in [0, 0.05) is 32.2 Å². The molecule has 3 rings (SSSR count). The van der Waals surface area contributed by atoms with Crippen LogP contribution in [0.1, 0.15) is 19.3 Å². The minimum atomic E-state index is -0.569. The van der Waals surface area contributed by atoms with E-state index >= 15 is 0 Å². The van der Waals surface area contributed by atoms with Gasteiger partial charge < -0.3 is 15.1 Å². The Morgan fingerprint density at radius 1 is 1.13 bits per heavy atom. The van der Waals surface area contributed by atoms with Crippen molar-refractivity contribution < 1.29 is 13.6 Å². The van der Waals surface area contributed by atoms with Crippen molar-refractivity contribution in [3.8, 4) is 0 Å². The van der Waals surface area contributed by atoms with E-state index in [9.17, 15) is 13.6 Å². The highest BCUT2D eigenvalue weighted by Crippen LogP contribution is 2.22. The zero-order chi connectivity index (χ0) is 15.5. The van der Waals surface area contributed by atoms with Crippen LogP contribution in [0.5, 0.6) is 0 Å². The third kappa shape index (κ3) is 4.12. The number of carbonyl (C=O) groups is 1. The largest absolute Gasteiger partial charge is 0.367 e. The summed E-state index contributed by atoms with van der Waals surface area (Å²) in [6.07, 6.45) is 2.72. The fraction of sp³-hybridized carbons (Fsp3) is 0.562. The van der Waals surface area contributed by atoms with Crippen LogP contribution in [0.2, 0.25) is 0 Å². The van der Waals surface area contributed by atoms with Gasteiger partial charge in [-0.2, -0.15) is 0 Å². The summed E-state index contributed by atoms with van der Waals surface area (Å²) in [5.74, 6) is -0.962. The molecule has 2 aliphatic heterocycles. The molecule has 0 aliphatic carbocycles. The van der Waals surface area contributed by atoms with Crippen LogP contribution < -0.4 is 10.2 Å². The van der Waals surface area contributed by atoms with E-state index in [2.05, 4.69) is 5.32 Å². The van der Waals surface area contributed by atoms with Crippen LogP contribution in [0.3, 0.4) is 0 Å². The number of hydrogen-bond acceptors (Lipinski definition) is 3. The number of nitrogens with one attached hydrogen (secondary N) is 1. The van der Waals surface area contributed by atoms with Crippen molar-refractivity contribution in [1.82, 2.24) is 10.2 Å². The van der Waals surface area contributed by atoms with Crippen LogP contribution >= 0.6 is 12.4 Å². The molecular weight excluding hydrogens is 324 g/mol. The molecule has 1 atom stereocenters. The van der Waals surface area contributed by atoms with E-state index < -0.39 is 11.6 Å². The van der Waals surface area contributed by atoms with Crippen LogP contribution in [-0.4, -0.2) is 49.6 Å². The van der Waals surface area contributed by atoms with Crippen LogP contribution in [0.25, 0.3) is 0 Å². The van der Waals surface area contributed by atoms with Crippen molar-refractivity contribution in [2.45, 2.75) is 25.3 Å². The predicted molar refractivity (Wildman–Crippen MR) is 88.0 cm³/mol. The van der Waals surface area contributed by atoms with Gasteiger partial charge in [0.25, 0.3) is 0 Å². The second-order valence-electron chi connectivity index (χ2n) is 5.91. The Labute approximate surface area is 141 Å². The summed E-state index contributed by atoms with van der Waals surface area (Å²) in [4.78, 5) is 16.2. The zero-order valence-corrected chi connectivity index (χ0v) is 13.7. The average Bonchev–Trinajstić information content (AvgIpc) is 2.92. The Balaban J connectivity index is 0.00000192. The molecule has 2 saturated heterocycles. The lowest BCUT2D eigenvalue weighted by molar-refractivity contribution is -0.132. The zero-order valence-electron chi connectivity index (χ0n) is 12.9. The number of hydrogen-bond donors (Lipinski definition) is 1. The normalized spacial score (nSPS) is 21.7. The standard InChI is InChI=1S/C16H21F2N3O.ClH/c17-12-4-5-15(13(18)11-12)20-7-2-8-21(10-9-20)16(22)14-3-1-6-19-14;/h4-5,11,14,19H,1-3,6-10H2;1H. The molecule has 7 heteroatoms. The lowest BCUT2D eigenvalue weighted by atomic mass is 10.2. The molecule has 1 amide bonds. The number of carbonyl (C=O) groups excluding carboxylic acids is 1. The maximum atomic E-state index is 13.9. The molecule has 1 unspecified atom stereocenters. The first-order valence-electron chi connectivity index (χ1n) is 7.87. The van der Waals surface area contributed by atoms with E-state index in [0.29, 0.717) is 31.9 Å². The fourth-order valence-electron chi connectivity index (χ4n) is 3.23. The van der Waals surface area contributed by atoms with Gasteiger partial charge in [-0.1, -0.05) is 0 Å². The van der Waals surface area contributed by atoms with Crippen molar-refractivity contribution in [3.05, 3.63) is 29.8 Å². The molecule has 1 aromatic rings. The summed E-state index contributed by atoms with van der Waals surface area (Å²) in [6, 6.07) is 3.59. The monoisotopic (exact) mass is 345 g/mol. The van der Waals surface area contributed by atoms with Crippen molar-refractivity contribution in [2.75, 3.05) is 37.6 Å². The number of halogens is 3. The SMILES string of the molecule is Cl.O=C(C1CCCN1)N1CCCN(c2ccc(F)cc2F)CC1. The maximum Gasteiger partial charge on any atom is 0.239 e. The molecule has 2 fully saturated rings. The van der Waals surface area contributed by atoms with Gasteiger partial charge in [0.05, 0.1) is 11.7 Å². The molecule has 4 nitrogen and oxygen atoms in total. The van der Waals surface area contributed by atoms with Gasteiger partial charge in [-0.25, -0.2) is 8.78 Å². The molecule has 2 aliphatic rings. The second-order valence-corrected chi connectivity index (χ2v) is 5.91. The number of rotatable bonds is 2. The molecule has 1 aromatic carbocycles. The predicted octanol–water partition coefficient (Wildman–Crippen LogP) is 2.18. The van der Waals surface area contributed by atoms with Crippen LogP contribution in [0.15, 0.2) is 18.2 Å². The van der Waals surface area contributed by atoms with Crippen molar-refractivity contribution >= 4 is 24.0 Å². The van der Waals surface area contributed by atoms with E-state index in [4.69, 9.17) is 0 Å². The average molecular weight is 346 g/mol. The highest BCUT2D eigenvalue weighted by Gasteiger charge is 2.28. The van der Waals surface area contributed by atoms with E-state index in [0.717, 1.165) is 31.9 Å². The topological polar surface area (TPSA) is 35.6 Å². The molecule has 0 saturated carbocycles. The molecule has 0 spiro atoms. The van der Waals surface area contributed by atoms with Gasteiger partial charge in [0.2, 0.25) is 5.91 Å². The second kappa shape index (κ2) is 7.93. The summed E-state index contributed by atoms with van der Waals surface area (Å²) < 4.78 is 26.9. The first kappa shape index (κ1) is 17.9. The van der Waals surface area contributed by atoms with Crippen LogP contribution in [0, 0.1) is 11.6 Å². The van der Waals surface area contributed by atoms with Crippen molar-refractivity contribution in [1.29, 1.82) is 0 Å². The Bertz CT molecular complexity index is 552. The van der Waals surface area contributed by atoms with Gasteiger partial charge in [-0.3, -0.25) is 4.79 Å². The van der Waals surface area contributed by atoms with Gasteiger partial charge in [0.1, 0.15) is 11.6 Å². The van der Waals surface area contributed by atoms with E-state index in [1.54, 1.807) is 0 Å². The van der Waals surface area contributed by atoms with Gasteiger partial charge in [0.15, 0.2) is 0 Å². The molecular formula is C16H22ClF2N3O. The molecule has 128 valence electrons. The highest BCUT2D eigenvalue weighted by molar-refractivity contribution is 5.85. The third-order valence-corrected chi connectivity index (χ3v) is 4.42. The molecule has 2 heterocycles. The Hall–Kier alpha value is -1.40. The third-order valence-electron chi connectivity index (χ3n) is 4.42. The first-order chi connectivity index (χ1) is 10.6. The highest BCUT2D eigenvalue weighted by atomic mass is 35.5. The number of anilines is 1. The quantitative estimate of drug-likeness (QED) is 0.892. The maximum absolute atomic E-state index is 13.9. The smallest absolute Gasteiger partial charge is 0.239 e. The van der Waals surface area contributed by atoms with Crippen LogP contribution in [-0.2, 0) is 4.79 Å². The molecule has 23 heavy (non-hydrogen) atoms. The van der Waals surface area contributed by atoms with Crippen molar-refractivity contribution in [2.24, 2.45) is 0 Å². The Morgan fingerprint density at radius 2 is 1.96 bits per heavy atom. The summed E-state index contributed by atoms with van der Waals surface area (Å²) in [5.41, 5.74) is 0.412. The number of benzene rings is 1. The molecule has 0 bridgehead atoms. The fourth-order valence-corrected chi connectivity index (χ4v) is 3.23. The Morgan fingerprint density at radius 3 is 2.65 bits per heavy atom. The van der Waals surface area contributed by atoms with Crippen molar-refractivity contribution in [3.63, 3.8) is 0 Å². The molecule has 0 aromatic heterocycles. The van der Waals surface area contributed by atoms with Gasteiger partial charge in [-0.05, 0) is 37.9 Å². The minimum absolute atomic E-state index is 0. The molecule has 0 radical (unpaired) electrons. The van der Waals surface area contributed by atoms with E-state index in [-0.39, 0.29) is 24.4 Å². The summed E-state index contributed by atoms with van der Waals surface area (Å²) in [6.45, 7) is 3.41. The number of amides is 1. The minimum Gasteiger partial charge on any atom is -0.367 e. The van der Waals surface area contributed by atoms with Gasteiger partial charge >= 0.3 is 0 Å². The van der Waals surface area contributed by atoms with Gasteiger partial charge in [-0.15, -0.1) is 12.4 Å².